The quantitative estimate of drug-likeness (QED) is 0.910. The van der Waals surface area contributed by atoms with E-state index in [0.717, 1.165) is 10.2 Å². The minimum absolute atomic E-state index is 0.271. The number of hydrogen-bond donors (Lipinski definition) is 1. The molecule has 1 atom stereocenters. The van der Waals surface area contributed by atoms with Crippen LogP contribution in [0.3, 0.4) is 0 Å². The van der Waals surface area contributed by atoms with Crippen LogP contribution in [0.25, 0.3) is 0 Å². The number of nitrogens with one attached hydrogen (secondary N) is 1. The fourth-order valence-electron chi connectivity index (χ4n) is 1.67. The summed E-state index contributed by atoms with van der Waals surface area (Å²) < 4.78 is 1.13. The van der Waals surface area contributed by atoms with Crippen molar-refractivity contribution in [1.29, 1.82) is 0 Å². The lowest BCUT2D eigenvalue weighted by molar-refractivity contribution is 0.880. The summed E-state index contributed by atoms with van der Waals surface area (Å²) in [4.78, 5) is 4.03. The van der Waals surface area contributed by atoms with Gasteiger partial charge in [-0.2, -0.15) is 0 Å². The Balaban J connectivity index is 2.13. The van der Waals surface area contributed by atoms with Crippen molar-refractivity contribution in [2.75, 3.05) is 5.32 Å². The van der Waals surface area contributed by atoms with Gasteiger partial charge in [-0.3, -0.25) is 4.98 Å². The topological polar surface area (TPSA) is 24.9 Å². The Morgan fingerprint density at radius 1 is 1.18 bits per heavy atom. The molecule has 0 spiro atoms. The van der Waals surface area contributed by atoms with Gasteiger partial charge in [-0.25, -0.2) is 0 Å². The third-order valence-corrected chi connectivity index (χ3v) is 3.62. The number of anilines is 1. The smallest absolute Gasteiger partial charge is 0.0486 e. The maximum atomic E-state index is 4.03. The molecule has 2 aromatic rings. The molecule has 0 aliphatic carbocycles. The molecule has 3 heteroatoms. The fraction of sp³-hybridized carbons (Fsp3) is 0.214. The van der Waals surface area contributed by atoms with Gasteiger partial charge in [-0.05, 0) is 49.2 Å². The highest BCUT2D eigenvalue weighted by molar-refractivity contribution is 9.10. The fourth-order valence-corrected chi connectivity index (χ4v) is 2.05. The zero-order valence-corrected chi connectivity index (χ0v) is 11.5. The number of nitrogens with zero attached hydrogens (tertiary/aromatic N) is 1. The number of halogens is 1. The molecule has 0 radical (unpaired) electrons. The highest BCUT2D eigenvalue weighted by Gasteiger charge is 2.05. The maximum absolute atomic E-state index is 4.03. The molecular weight excluding hydrogens is 276 g/mol. The summed E-state index contributed by atoms with van der Waals surface area (Å²) in [5.41, 5.74) is 3.59. The minimum Gasteiger partial charge on any atom is -0.378 e. The Morgan fingerprint density at radius 2 is 1.88 bits per heavy atom. The van der Waals surface area contributed by atoms with Crippen molar-refractivity contribution in [3.8, 4) is 0 Å². The van der Waals surface area contributed by atoms with E-state index in [9.17, 15) is 0 Å². The predicted molar refractivity (Wildman–Crippen MR) is 75.2 cm³/mol. The molecule has 2 nitrogen and oxygen atoms in total. The Bertz CT molecular complexity index is 497. The van der Waals surface area contributed by atoms with Gasteiger partial charge in [0.25, 0.3) is 0 Å². The zero-order valence-electron chi connectivity index (χ0n) is 9.94. The second-order valence-electron chi connectivity index (χ2n) is 4.11. The van der Waals surface area contributed by atoms with Crippen molar-refractivity contribution >= 4 is 21.6 Å². The number of pyridine rings is 1. The van der Waals surface area contributed by atoms with Gasteiger partial charge in [0.2, 0.25) is 0 Å². The Kier molecular flexibility index (Phi) is 3.79. The first-order valence-corrected chi connectivity index (χ1v) is 6.39. The molecule has 0 saturated carbocycles. The normalized spacial score (nSPS) is 12.2. The van der Waals surface area contributed by atoms with Crippen LogP contribution in [-0.4, -0.2) is 4.98 Å². The van der Waals surface area contributed by atoms with E-state index >= 15 is 0 Å². The van der Waals surface area contributed by atoms with E-state index in [0.29, 0.717) is 0 Å². The van der Waals surface area contributed by atoms with E-state index < -0.39 is 0 Å². The van der Waals surface area contributed by atoms with Gasteiger partial charge >= 0.3 is 0 Å². The number of aromatic nitrogens is 1. The van der Waals surface area contributed by atoms with Gasteiger partial charge in [0.15, 0.2) is 0 Å². The van der Waals surface area contributed by atoms with E-state index in [1.807, 2.05) is 24.5 Å². The maximum Gasteiger partial charge on any atom is 0.0486 e. The summed E-state index contributed by atoms with van der Waals surface area (Å²) in [6.45, 7) is 4.23. The first-order chi connectivity index (χ1) is 8.16. The molecular formula is C14H15BrN2. The molecule has 2 rings (SSSR count). The summed E-state index contributed by atoms with van der Waals surface area (Å²) in [5.74, 6) is 0. The van der Waals surface area contributed by atoms with E-state index in [2.05, 4.69) is 58.3 Å². The molecule has 0 bridgehead atoms. The summed E-state index contributed by atoms with van der Waals surface area (Å²) in [7, 11) is 0. The average molecular weight is 291 g/mol. The standard InChI is InChI=1S/C14H15BrN2/c1-10-3-4-13(9-14(10)15)17-11(2)12-5-7-16-8-6-12/h3-9,11,17H,1-2H3. The van der Waals surface area contributed by atoms with E-state index in [1.54, 1.807) is 0 Å². The third kappa shape index (κ3) is 3.07. The molecule has 1 unspecified atom stereocenters. The van der Waals surface area contributed by atoms with E-state index in [-0.39, 0.29) is 6.04 Å². The number of aryl methyl sites for hydroxylation is 1. The molecule has 1 N–H and O–H groups in total. The Morgan fingerprint density at radius 3 is 2.53 bits per heavy atom. The molecule has 88 valence electrons. The number of rotatable bonds is 3. The molecule has 0 aliphatic rings. The monoisotopic (exact) mass is 290 g/mol. The van der Waals surface area contributed by atoms with Crippen molar-refractivity contribution < 1.29 is 0 Å². The number of hydrogen-bond acceptors (Lipinski definition) is 2. The van der Waals surface area contributed by atoms with Crippen LogP contribution in [0.4, 0.5) is 5.69 Å². The number of benzene rings is 1. The molecule has 0 fully saturated rings. The largest absolute Gasteiger partial charge is 0.378 e. The third-order valence-electron chi connectivity index (χ3n) is 2.76. The first-order valence-electron chi connectivity index (χ1n) is 5.59. The molecule has 1 aromatic carbocycles. The molecule has 0 amide bonds. The lowest BCUT2D eigenvalue weighted by Crippen LogP contribution is -2.06. The molecule has 17 heavy (non-hydrogen) atoms. The molecule has 1 heterocycles. The average Bonchev–Trinajstić information content (AvgIpc) is 2.35. The zero-order chi connectivity index (χ0) is 12.3. The van der Waals surface area contributed by atoms with Crippen LogP contribution < -0.4 is 5.32 Å². The summed E-state index contributed by atoms with van der Waals surface area (Å²) in [6, 6.07) is 10.6. The predicted octanol–water partition coefficient (Wildman–Crippen LogP) is 4.33. The highest BCUT2D eigenvalue weighted by atomic mass is 79.9. The lowest BCUT2D eigenvalue weighted by Gasteiger charge is -2.16. The van der Waals surface area contributed by atoms with Gasteiger partial charge in [-0.15, -0.1) is 0 Å². The van der Waals surface area contributed by atoms with Gasteiger partial charge in [-0.1, -0.05) is 22.0 Å². The van der Waals surface area contributed by atoms with Crippen molar-refractivity contribution in [2.24, 2.45) is 0 Å². The highest BCUT2D eigenvalue weighted by Crippen LogP contribution is 2.24. The summed E-state index contributed by atoms with van der Waals surface area (Å²) in [5, 5.41) is 3.47. The first kappa shape index (κ1) is 12.1. The second-order valence-corrected chi connectivity index (χ2v) is 4.96. The van der Waals surface area contributed by atoms with Gasteiger partial charge < -0.3 is 5.32 Å². The Labute approximate surface area is 110 Å². The van der Waals surface area contributed by atoms with Gasteiger partial charge in [0.1, 0.15) is 0 Å². The van der Waals surface area contributed by atoms with E-state index in [1.165, 1.54) is 11.1 Å². The van der Waals surface area contributed by atoms with Crippen molar-refractivity contribution in [3.63, 3.8) is 0 Å². The Hall–Kier alpha value is -1.35. The molecule has 0 saturated heterocycles. The summed E-state index contributed by atoms with van der Waals surface area (Å²) in [6.07, 6.45) is 3.64. The minimum atomic E-state index is 0.271. The van der Waals surface area contributed by atoms with Crippen molar-refractivity contribution in [1.82, 2.24) is 4.98 Å². The van der Waals surface area contributed by atoms with Crippen LogP contribution >= 0.6 is 15.9 Å². The molecule has 1 aromatic heterocycles. The van der Waals surface area contributed by atoms with Crippen LogP contribution in [0.2, 0.25) is 0 Å². The van der Waals surface area contributed by atoms with Crippen LogP contribution in [0, 0.1) is 6.92 Å². The van der Waals surface area contributed by atoms with Crippen molar-refractivity contribution in [3.05, 3.63) is 58.3 Å². The lowest BCUT2D eigenvalue weighted by atomic mass is 10.1. The van der Waals surface area contributed by atoms with Crippen LogP contribution in [0.1, 0.15) is 24.1 Å². The molecule has 0 aliphatic heterocycles. The second kappa shape index (κ2) is 5.32. The van der Waals surface area contributed by atoms with E-state index in [4.69, 9.17) is 0 Å². The summed E-state index contributed by atoms with van der Waals surface area (Å²) >= 11 is 3.54. The van der Waals surface area contributed by atoms with Gasteiger partial charge in [0.05, 0.1) is 0 Å². The SMILES string of the molecule is Cc1ccc(NC(C)c2ccncc2)cc1Br. The van der Waals surface area contributed by atoms with Crippen molar-refractivity contribution in [2.45, 2.75) is 19.9 Å². The van der Waals surface area contributed by atoms with Gasteiger partial charge in [0, 0.05) is 28.6 Å². The van der Waals surface area contributed by atoms with Crippen LogP contribution in [0.15, 0.2) is 47.2 Å². The van der Waals surface area contributed by atoms with Crippen LogP contribution in [0.5, 0.6) is 0 Å². The van der Waals surface area contributed by atoms with Crippen LogP contribution in [-0.2, 0) is 0 Å².